The fraction of sp³-hybridized carbons (Fsp3) is 0.167. The summed E-state index contributed by atoms with van der Waals surface area (Å²) >= 11 is 5.75. The van der Waals surface area contributed by atoms with Crippen molar-refractivity contribution in [3.8, 4) is 22.9 Å². The van der Waals surface area contributed by atoms with E-state index in [1.165, 1.54) is 12.1 Å². The number of para-hydroxylation sites is 1. The predicted molar refractivity (Wildman–Crippen MR) is 122 cm³/mol. The maximum Gasteiger partial charge on any atom is 0.302 e. The summed E-state index contributed by atoms with van der Waals surface area (Å²) in [6, 6.07) is 17.6. The molecule has 8 heteroatoms. The highest BCUT2D eigenvalue weighted by atomic mass is 35.5. The van der Waals surface area contributed by atoms with Gasteiger partial charge in [-0.05, 0) is 35.9 Å². The number of imidazole rings is 1. The molecule has 0 fully saturated rings. The third-order valence-corrected chi connectivity index (χ3v) is 5.30. The van der Waals surface area contributed by atoms with Crippen molar-refractivity contribution in [2.45, 2.75) is 0 Å². The molecule has 1 aromatic heterocycles. The maximum atomic E-state index is 13.8. The highest BCUT2D eigenvalue weighted by Crippen LogP contribution is 2.33. The number of benzene rings is 3. The van der Waals surface area contributed by atoms with Gasteiger partial charge in [0.1, 0.15) is 17.1 Å². The Bertz CT molecular complexity index is 1290. The first kappa shape index (κ1) is 21.8. The summed E-state index contributed by atoms with van der Waals surface area (Å²) in [5, 5.41) is 2.84. The largest absolute Gasteiger partial charge is 0.425 e. The van der Waals surface area contributed by atoms with Crippen LogP contribution in [0.25, 0.3) is 22.2 Å². The number of rotatable bonds is 7. The number of hydrogen-bond donors (Lipinski definition) is 1. The van der Waals surface area contributed by atoms with Crippen molar-refractivity contribution in [1.82, 2.24) is 14.9 Å². The smallest absolute Gasteiger partial charge is 0.302 e. The van der Waals surface area contributed by atoms with Gasteiger partial charge in [0, 0.05) is 37.9 Å². The molecular formula is C24H21ClFN3O3. The summed E-state index contributed by atoms with van der Waals surface area (Å²) in [4.78, 5) is 17.1. The number of carbonyl (C=O) groups excluding carboxylic acids is 1. The van der Waals surface area contributed by atoms with Crippen LogP contribution in [0.4, 0.5) is 4.39 Å². The topological polar surface area (TPSA) is 65.4 Å². The number of aromatic nitrogens is 2. The van der Waals surface area contributed by atoms with E-state index < -0.39 is 5.82 Å². The number of nitrogens with zero attached hydrogens (tertiary/aromatic N) is 2. The Kier molecular flexibility index (Phi) is 6.39. The van der Waals surface area contributed by atoms with Gasteiger partial charge in [0.2, 0.25) is 0 Å². The van der Waals surface area contributed by atoms with Gasteiger partial charge >= 0.3 is 6.01 Å². The molecule has 0 saturated carbocycles. The van der Waals surface area contributed by atoms with E-state index in [-0.39, 0.29) is 10.9 Å². The van der Waals surface area contributed by atoms with Crippen molar-refractivity contribution in [2.24, 2.45) is 7.05 Å². The molecule has 0 radical (unpaired) electrons. The summed E-state index contributed by atoms with van der Waals surface area (Å²) in [7, 11) is 3.40. The van der Waals surface area contributed by atoms with Crippen LogP contribution in [-0.4, -0.2) is 35.7 Å². The Morgan fingerprint density at radius 2 is 1.97 bits per heavy atom. The Balaban J connectivity index is 1.68. The van der Waals surface area contributed by atoms with Crippen LogP contribution in [0, 0.1) is 5.82 Å². The zero-order valence-electron chi connectivity index (χ0n) is 17.6. The number of halogens is 2. The number of methoxy groups -OCH3 is 1. The van der Waals surface area contributed by atoms with E-state index >= 15 is 0 Å². The zero-order chi connectivity index (χ0) is 22.7. The van der Waals surface area contributed by atoms with Crippen molar-refractivity contribution in [3.63, 3.8) is 0 Å². The van der Waals surface area contributed by atoms with Crippen LogP contribution in [0.2, 0.25) is 5.02 Å². The van der Waals surface area contributed by atoms with Gasteiger partial charge in [0.05, 0.1) is 17.1 Å². The standard InChI is InChI=1S/C24H21ClFN3O3/c1-29-21-8-4-7-18(15-5-3-6-16(13-15)23(30)27-11-12-31-2)22(21)28-24(29)32-17-9-10-19(25)20(26)14-17/h3-10,13-14H,11-12H2,1-2H3,(H,27,30). The van der Waals surface area contributed by atoms with E-state index in [1.54, 1.807) is 23.8 Å². The highest BCUT2D eigenvalue weighted by Gasteiger charge is 2.16. The molecule has 164 valence electrons. The lowest BCUT2D eigenvalue weighted by Gasteiger charge is -2.07. The molecule has 0 aliphatic carbocycles. The van der Waals surface area contributed by atoms with Gasteiger partial charge < -0.3 is 14.8 Å². The molecule has 0 saturated heterocycles. The lowest BCUT2D eigenvalue weighted by atomic mass is 10.0. The molecule has 3 aromatic carbocycles. The fourth-order valence-electron chi connectivity index (χ4n) is 3.36. The van der Waals surface area contributed by atoms with E-state index in [0.717, 1.165) is 16.6 Å². The summed E-state index contributed by atoms with van der Waals surface area (Å²) in [6.07, 6.45) is 0. The van der Waals surface area contributed by atoms with Crippen molar-refractivity contribution in [3.05, 3.63) is 77.1 Å². The minimum atomic E-state index is -0.566. The number of ether oxygens (including phenoxy) is 2. The molecule has 6 nitrogen and oxygen atoms in total. The third kappa shape index (κ3) is 4.44. The summed E-state index contributed by atoms with van der Waals surface area (Å²) < 4.78 is 26.4. The fourth-order valence-corrected chi connectivity index (χ4v) is 3.48. The number of fused-ring (bicyclic) bond motifs is 1. The molecule has 1 N–H and O–H groups in total. The Labute approximate surface area is 189 Å². The van der Waals surface area contributed by atoms with Crippen LogP contribution in [0.3, 0.4) is 0 Å². The molecule has 0 aliphatic heterocycles. The lowest BCUT2D eigenvalue weighted by Crippen LogP contribution is -2.26. The molecule has 0 unspecified atom stereocenters. The van der Waals surface area contributed by atoms with Crippen LogP contribution in [0.1, 0.15) is 10.4 Å². The van der Waals surface area contributed by atoms with Crippen molar-refractivity contribution in [2.75, 3.05) is 20.3 Å². The minimum Gasteiger partial charge on any atom is -0.425 e. The maximum absolute atomic E-state index is 13.8. The monoisotopic (exact) mass is 453 g/mol. The first-order valence-electron chi connectivity index (χ1n) is 9.94. The van der Waals surface area contributed by atoms with E-state index in [2.05, 4.69) is 10.3 Å². The van der Waals surface area contributed by atoms with Crippen molar-refractivity contribution >= 4 is 28.5 Å². The quantitative estimate of drug-likeness (QED) is 0.390. The molecule has 1 heterocycles. The van der Waals surface area contributed by atoms with E-state index in [4.69, 9.17) is 21.1 Å². The number of hydrogen-bond acceptors (Lipinski definition) is 4. The average Bonchev–Trinajstić information content (AvgIpc) is 3.12. The predicted octanol–water partition coefficient (Wildman–Crippen LogP) is 5.20. The first-order valence-corrected chi connectivity index (χ1v) is 10.3. The van der Waals surface area contributed by atoms with Crippen LogP contribution in [0.15, 0.2) is 60.7 Å². The van der Waals surface area contributed by atoms with Gasteiger partial charge in [-0.1, -0.05) is 35.9 Å². The SMILES string of the molecule is COCCNC(=O)c1cccc(-c2cccc3c2nc(Oc2ccc(Cl)c(F)c2)n3C)c1. The Hall–Kier alpha value is -3.42. The van der Waals surface area contributed by atoms with Gasteiger partial charge in [0.15, 0.2) is 0 Å². The van der Waals surface area contributed by atoms with Crippen molar-refractivity contribution < 1.29 is 18.7 Å². The van der Waals surface area contributed by atoms with Gasteiger partial charge in [-0.25, -0.2) is 4.39 Å². The van der Waals surface area contributed by atoms with Crippen LogP contribution in [0.5, 0.6) is 11.8 Å². The average molecular weight is 454 g/mol. The van der Waals surface area contributed by atoms with Crippen molar-refractivity contribution in [1.29, 1.82) is 0 Å². The number of nitrogens with one attached hydrogen (secondary N) is 1. The summed E-state index contributed by atoms with van der Waals surface area (Å²) in [6.45, 7) is 0.875. The molecule has 0 bridgehead atoms. The molecule has 0 spiro atoms. The summed E-state index contributed by atoms with van der Waals surface area (Å²) in [5.41, 5.74) is 3.77. The number of amides is 1. The Morgan fingerprint density at radius 3 is 2.75 bits per heavy atom. The number of carbonyl (C=O) groups is 1. The van der Waals surface area contributed by atoms with Crippen LogP contribution < -0.4 is 10.1 Å². The van der Waals surface area contributed by atoms with Gasteiger partial charge in [-0.3, -0.25) is 9.36 Å². The molecule has 4 rings (SSSR count). The number of aryl methyl sites for hydroxylation is 1. The third-order valence-electron chi connectivity index (χ3n) is 5.00. The van der Waals surface area contributed by atoms with E-state index in [1.807, 2.05) is 43.4 Å². The second kappa shape index (κ2) is 9.38. The van der Waals surface area contributed by atoms with E-state index in [9.17, 15) is 9.18 Å². The van der Waals surface area contributed by atoms with E-state index in [0.29, 0.717) is 36.0 Å². The lowest BCUT2D eigenvalue weighted by molar-refractivity contribution is 0.0937. The zero-order valence-corrected chi connectivity index (χ0v) is 18.3. The minimum absolute atomic E-state index is 0.0239. The second-order valence-corrected chi connectivity index (χ2v) is 7.54. The van der Waals surface area contributed by atoms with Gasteiger partial charge in [-0.2, -0.15) is 4.98 Å². The molecular weight excluding hydrogens is 433 g/mol. The normalized spacial score (nSPS) is 11.0. The summed E-state index contributed by atoms with van der Waals surface area (Å²) in [5.74, 6) is -0.448. The highest BCUT2D eigenvalue weighted by molar-refractivity contribution is 6.30. The molecule has 1 amide bonds. The molecule has 0 atom stereocenters. The van der Waals surface area contributed by atoms with Crippen LogP contribution >= 0.6 is 11.6 Å². The van der Waals surface area contributed by atoms with Gasteiger partial charge in [-0.15, -0.1) is 0 Å². The molecule has 32 heavy (non-hydrogen) atoms. The Morgan fingerprint density at radius 1 is 1.16 bits per heavy atom. The van der Waals surface area contributed by atoms with Gasteiger partial charge in [0.25, 0.3) is 5.91 Å². The second-order valence-electron chi connectivity index (χ2n) is 7.13. The first-order chi connectivity index (χ1) is 15.5. The molecule has 0 aliphatic rings. The van der Waals surface area contributed by atoms with Crippen LogP contribution in [-0.2, 0) is 11.8 Å². The molecule has 4 aromatic rings.